The molecule has 1 aliphatic rings. The van der Waals surface area contributed by atoms with E-state index in [2.05, 4.69) is 10.6 Å². The summed E-state index contributed by atoms with van der Waals surface area (Å²) < 4.78 is 5.22. The molecule has 0 saturated heterocycles. The highest BCUT2D eigenvalue weighted by Gasteiger charge is 2.31. The van der Waals surface area contributed by atoms with Crippen LogP contribution in [0.2, 0.25) is 0 Å². The number of rotatable bonds is 4. The van der Waals surface area contributed by atoms with Crippen LogP contribution in [0.1, 0.15) is 39.2 Å². The molecule has 0 heterocycles. The molecule has 126 valence electrons. The van der Waals surface area contributed by atoms with Crippen molar-refractivity contribution in [2.24, 2.45) is 0 Å². The van der Waals surface area contributed by atoms with E-state index in [9.17, 15) is 14.9 Å². The normalized spacial score (nSPS) is 20.3. The second-order valence-electron chi connectivity index (χ2n) is 6.91. The molecule has 0 radical (unpaired) electrons. The molecule has 2 rings (SSSR count). The third-order valence-electron chi connectivity index (χ3n) is 3.64. The van der Waals surface area contributed by atoms with Gasteiger partial charge >= 0.3 is 6.09 Å². The minimum Gasteiger partial charge on any atom is -0.444 e. The molecule has 0 unspecified atom stereocenters. The largest absolute Gasteiger partial charge is 0.444 e. The summed E-state index contributed by atoms with van der Waals surface area (Å²) in [6.45, 7) is 7.32. The van der Waals surface area contributed by atoms with Gasteiger partial charge in [0.1, 0.15) is 5.60 Å². The van der Waals surface area contributed by atoms with E-state index in [1.807, 2.05) is 27.7 Å². The standard InChI is InChI=1S/C16H23N3O4/c1-10-7-13(19(21)22)5-6-14(10)17-11-8-12(9-11)18-15(20)23-16(2,3)4/h5-7,11-12,17H,8-9H2,1-4H3,(H,18,20). The number of alkyl carbamates (subject to hydrolysis) is 1. The number of nitro benzene ring substituents is 1. The van der Waals surface area contributed by atoms with Crippen LogP contribution in [0.25, 0.3) is 0 Å². The summed E-state index contributed by atoms with van der Waals surface area (Å²) in [5.41, 5.74) is 1.31. The van der Waals surface area contributed by atoms with Crippen LogP contribution in [-0.2, 0) is 4.74 Å². The number of amides is 1. The molecule has 1 amide bonds. The van der Waals surface area contributed by atoms with Gasteiger partial charge in [0.05, 0.1) is 4.92 Å². The SMILES string of the molecule is Cc1cc([N+](=O)[O-])ccc1NC1CC(NC(=O)OC(C)(C)C)C1. The molecular formula is C16H23N3O4. The maximum Gasteiger partial charge on any atom is 0.407 e. The minimum absolute atomic E-state index is 0.0890. The van der Waals surface area contributed by atoms with Crippen molar-refractivity contribution in [1.82, 2.24) is 5.32 Å². The van der Waals surface area contributed by atoms with E-state index in [-0.39, 0.29) is 17.8 Å². The van der Waals surface area contributed by atoms with Crippen molar-refractivity contribution in [3.8, 4) is 0 Å². The van der Waals surface area contributed by atoms with Crippen LogP contribution in [0.4, 0.5) is 16.2 Å². The molecule has 0 aliphatic heterocycles. The Morgan fingerprint density at radius 1 is 1.30 bits per heavy atom. The molecule has 1 aromatic carbocycles. The van der Waals surface area contributed by atoms with E-state index in [0.717, 1.165) is 24.1 Å². The Hall–Kier alpha value is -2.31. The fourth-order valence-corrected chi connectivity index (χ4v) is 2.47. The average molecular weight is 321 g/mol. The van der Waals surface area contributed by atoms with Gasteiger partial charge in [-0.15, -0.1) is 0 Å². The number of nitro groups is 1. The molecule has 1 aliphatic carbocycles. The van der Waals surface area contributed by atoms with Gasteiger partial charge in [0, 0.05) is 29.9 Å². The molecule has 23 heavy (non-hydrogen) atoms. The Labute approximate surface area is 135 Å². The lowest BCUT2D eigenvalue weighted by Gasteiger charge is -2.37. The highest BCUT2D eigenvalue weighted by atomic mass is 16.6. The van der Waals surface area contributed by atoms with Gasteiger partial charge in [-0.25, -0.2) is 4.79 Å². The predicted octanol–water partition coefficient (Wildman–Crippen LogP) is 3.37. The number of benzene rings is 1. The molecule has 0 aromatic heterocycles. The molecule has 7 nitrogen and oxygen atoms in total. The summed E-state index contributed by atoms with van der Waals surface area (Å²) in [5.74, 6) is 0. The fourth-order valence-electron chi connectivity index (χ4n) is 2.47. The van der Waals surface area contributed by atoms with Crippen LogP contribution in [0.3, 0.4) is 0 Å². The highest BCUT2D eigenvalue weighted by Crippen LogP contribution is 2.28. The Morgan fingerprint density at radius 3 is 2.48 bits per heavy atom. The first-order valence-electron chi connectivity index (χ1n) is 7.65. The number of hydrogen-bond donors (Lipinski definition) is 2. The van der Waals surface area contributed by atoms with Crippen molar-refractivity contribution in [2.45, 2.75) is 58.2 Å². The molecule has 0 atom stereocenters. The zero-order chi connectivity index (χ0) is 17.2. The zero-order valence-corrected chi connectivity index (χ0v) is 13.9. The highest BCUT2D eigenvalue weighted by molar-refractivity contribution is 5.68. The summed E-state index contributed by atoms with van der Waals surface area (Å²) in [7, 11) is 0. The second-order valence-corrected chi connectivity index (χ2v) is 6.91. The van der Waals surface area contributed by atoms with Crippen molar-refractivity contribution < 1.29 is 14.5 Å². The summed E-state index contributed by atoms with van der Waals surface area (Å²) in [6.07, 6.45) is 1.21. The molecular weight excluding hydrogens is 298 g/mol. The number of carbonyl (C=O) groups is 1. The third kappa shape index (κ3) is 4.84. The number of nitrogens with one attached hydrogen (secondary N) is 2. The van der Waals surface area contributed by atoms with Crippen molar-refractivity contribution in [3.63, 3.8) is 0 Å². The van der Waals surface area contributed by atoms with Gasteiger partial charge in [0.15, 0.2) is 0 Å². The van der Waals surface area contributed by atoms with E-state index < -0.39 is 16.6 Å². The maximum absolute atomic E-state index is 11.7. The molecule has 2 N–H and O–H groups in total. The smallest absolute Gasteiger partial charge is 0.407 e. The van der Waals surface area contributed by atoms with Crippen LogP contribution in [-0.4, -0.2) is 28.7 Å². The Morgan fingerprint density at radius 2 is 1.96 bits per heavy atom. The van der Waals surface area contributed by atoms with E-state index in [1.165, 1.54) is 6.07 Å². The second kappa shape index (κ2) is 6.44. The molecule has 1 aromatic rings. The first-order chi connectivity index (χ1) is 10.6. The Bertz CT molecular complexity index is 604. The molecule has 7 heteroatoms. The number of aryl methyl sites for hydroxylation is 1. The van der Waals surface area contributed by atoms with Gasteiger partial charge in [-0.1, -0.05) is 0 Å². The van der Waals surface area contributed by atoms with Crippen molar-refractivity contribution in [1.29, 1.82) is 0 Å². The van der Waals surface area contributed by atoms with Gasteiger partial charge in [-0.2, -0.15) is 0 Å². The topological polar surface area (TPSA) is 93.5 Å². The first-order valence-corrected chi connectivity index (χ1v) is 7.65. The van der Waals surface area contributed by atoms with Gasteiger partial charge in [-0.05, 0) is 52.2 Å². The quantitative estimate of drug-likeness (QED) is 0.655. The van der Waals surface area contributed by atoms with Crippen molar-refractivity contribution in [3.05, 3.63) is 33.9 Å². The lowest BCUT2D eigenvalue weighted by molar-refractivity contribution is -0.384. The van der Waals surface area contributed by atoms with E-state index in [4.69, 9.17) is 4.74 Å². The number of nitrogens with zero attached hydrogens (tertiary/aromatic N) is 1. The van der Waals surface area contributed by atoms with Gasteiger partial charge in [0.25, 0.3) is 5.69 Å². The summed E-state index contributed by atoms with van der Waals surface area (Å²) >= 11 is 0. The van der Waals surface area contributed by atoms with E-state index >= 15 is 0 Å². The number of non-ortho nitro benzene ring substituents is 1. The van der Waals surface area contributed by atoms with Crippen LogP contribution >= 0.6 is 0 Å². The van der Waals surface area contributed by atoms with Crippen molar-refractivity contribution >= 4 is 17.5 Å². The molecule has 0 bridgehead atoms. The average Bonchev–Trinajstić information content (AvgIpc) is 2.35. The van der Waals surface area contributed by atoms with Crippen molar-refractivity contribution in [2.75, 3.05) is 5.32 Å². The lowest BCUT2D eigenvalue weighted by atomic mass is 9.86. The van der Waals surface area contributed by atoms with Crippen LogP contribution in [0, 0.1) is 17.0 Å². The van der Waals surface area contributed by atoms with Gasteiger partial charge < -0.3 is 15.4 Å². The van der Waals surface area contributed by atoms with E-state index in [0.29, 0.717) is 0 Å². The summed E-state index contributed by atoms with van der Waals surface area (Å²) in [5, 5.41) is 16.9. The first kappa shape index (κ1) is 17.1. The minimum atomic E-state index is -0.499. The van der Waals surface area contributed by atoms with Gasteiger partial charge in [0.2, 0.25) is 0 Å². The number of anilines is 1. The number of carbonyl (C=O) groups excluding carboxylic acids is 1. The number of ether oxygens (including phenoxy) is 1. The predicted molar refractivity (Wildman–Crippen MR) is 87.6 cm³/mol. The van der Waals surface area contributed by atoms with Crippen LogP contribution < -0.4 is 10.6 Å². The lowest BCUT2D eigenvalue weighted by Crippen LogP contribution is -2.50. The maximum atomic E-state index is 11.7. The fraction of sp³-hybridized carbons (Fsp3) is 0.562. The summed E-state index contributed by atoms with van der Waals surface area (Å²) in [4.78, 5) is 22.0. The Kier molecular flexibility index (Phi) is 4.77. The zero-order valence-electron chi connectivity index (χ0n) is 13.9. The van der Waals surface area contributed by atoms with Crippen LogP contribution in [0.15, 0.2) is 18.2 Å². The Balaban J connectivity index is 1.80. The molecule has 0 spiro atoms. The summed E-state index contributed by atoms with van der Waals surface area (Å²) in [6, 6.07) is 5.11. The van der Waals surface area contributed by atoms with Crippen LogP contribution in [0.5, 0.6) is 0 Å². The number of hydrogen-bond acceptors (Lipinski definition) is 5. The van der Waals surface area contributed by atoms with Gasteiger partial charge in [-0.3, -0.25) is 10.1 Å². The third-order valence-corrected chi connectivity index (χ3v) is 3.64. The molecule has 1 fully saturated rings. The molecule has 1 saturated carbocycles. The monoisotopic (exact) mass is 321 g/mol. The van der Waals surface area contributed by atoms with E-state index in [1.54, 1.807) is 12.1 Å².